The fourth-order valence-electron chi connectivity index (χ4n) is 4.97. The summed E-state index contributed by atoms with van der Waals surface area (Å²) in [6, 6.07) is 16.9. The molecule has 34 heavy (non-hydrogen) atoms. The van der Waals surface area contributed by atoms with E-state index in [4.69, 9.17) is 9.73 Å². The van der Waals surface area contributed by atoms with E-state index in [0.29, 0.717) is 22.2 Å². The van der Waals surface area contributed by atoms with E-state index in [1.807, 2.05) is 61.5 Å². The number of aryl methyl sites for hydroxylation is 1. The highest BCUT2D eigenvalue weighted by atomic mass is 32.2. The molecule has 0 radical (unpaired) electrons. The van der Waals surface area contributed by atoms with Crippen LogP contribution < -0.4 is 0 Å². The van der Waals surface area contributed by atoms with Gasteiger partial charge in [-0.05, 0) is 37.5 Å². The van der Waals surface area contributed by atoms with Crippen LogP contribution in [0.3, 0.4) is 0 Å². The van der Waals surface area contributed by atoms with Gasteiger partial charge in [0.2, 0.25) is 5.91 Å². The molecule has 8 heteroatoms. The number of aliphatic hydroxyl groups excluding tert-OH is 1. The minimum Gasteiger partial charge on any atom is -0.463 e. The van der Waals surface area contributed by atoms with Gasteiger partial charge in [-0.15, -0.1) is 11.8 Å². The number of esters is 1. The second-order valence-electron chi connectivity index (χ2n) is 8.58. The third-order valence-electron chi connectivity index (χ3n) is 6.59. The standard InChI is InChI=1S/C26H26N2O4S2/c1-4-32-23(30)20-16(3)27-25-28(21(20)18-13-9-8-10-15(18)2)24(31)26(34-25)19(29)14-33-22(26)17-11-6-5-7-12-17/h5-13,19,21-22,29H,4,14H2,1-3H3. The molecule has 5 rings (SSSR count). The van der Waals surface area contributed by atoms with Crippen molar-refractivity contribution >= 4 is 40.6 Å². The lowest BCUT2D eigenvalue weighted by Crippen LogP contribution is -2.50. The van der Waals surface area contributed by atoms with Crippen molar-refractivity contribution in [1.82, 2.24) is 4.90 Å². The number of hydrogen-bond donors (Lipinski definition) is 1. The van der Waals surface area contributed by atoms with Gasteiger partial charge in [-0.3, -0.25) is 9.69 Å². The van der Waals surface area contributed by atoms with Crippen LogP contribution in [0, 0.1) is 6.92 Å². The Kier molecular flexibility index (Phi) is 6.08. The number of thioether (sulfide) groups is 2. The Morgan fingerprint density at radius 2 is 1.88 bits per heavy atom. The van der Waals surface area contributed by atoms with Gasteiger partial charge in [0, 0.05) is 5.75 Å². The number of amides is 1. The molecule has 4 unspecified atom stereocenters. The molecule has 6 nitrogen and oxygen atoms in total. The minimum absolute atomic E-state index is 0.217. The summed E-state index contributed by atoms with van der Waals surface area (Å²) in [6.45, 7) is 5.74. The van der Waals surface area contributed by atoms with Crippen LogP contribution in [0.5, 0.6) is 0 Å². The summed E-state index contributed by atoms with van der Waals surface area (Å²) in [7, 11) is 0. The van der Waals surface area contributed by atoms with E-state index in [1.165, 1.54) is 11.8 Å². The molecule has 2 fully saturated rings. The van der Waals surface area contributed by atoms with Crippen LogP contribution in [0.25, 0.3) is 0 Å². The summed E-state index contributed by atoms with van der Waals surface area (Å²) < 4.78 is 4.28. The summed E-state index contributed by atoms with van der Waals surface area (Å²) in [5.74, 6) is -0.244. The molecule has 1 N–H and O–H groups in total. The van der Waals surface area contributed by atoms with E-state index in [1.54, 1.807) is 30.5 Å². The first kappa shape index (κ1) is 23.2. The zero-order chi connectivity index (χ0) is 24.0. The average Bonchev–Trinajstić information content (AvgIpc) is 3.31. The van der Waals surface area contributed by atoms with Gasteiger partial charge in [-0.2, -0.15) is 0 Å². The molecule has 0 aromatic heterocycles. The van der Waals surface area contributed by atoms with Gasteiger partial charge in [0.05, 0.1) is 35.3 Å². The lowest BCUT2D eigenvalue weighted by molar-refractivity contribution is -0.140. The molecule has 176 valence electrons. The first-order valence-corrected chi connectivity index (χ1v) is 13.2. The summed E-state index contributed by atoms with van der Waals surface area (Å²) >= 11 is 2.91. The van der Waals surface area contributed by atoms with Gasteiger partial charge in [0.15, 0.2) is 5.17 Å². The Labute approximate surface area is 207 Å². The van der Waals surface area contributed by atoms with Gasteiger partial charge in [-0.25, -0.2) is 9.79 Å². The van der Waals surface area contributed by atoms with Crippen LogP contribution >= 0.6 is 23.5 Å². The van der Waals surface area contributed by atoms with Crippen LogP contribution in [-0.2, 0) is 14.3 Å². The highest BCUT2D eigenvalue weighted by Gasteiger charge is 2.66. The van der Waals surface area contributed by atoms with E-state index in [0.717, 1.165) is 16.7 Å². The Bertz CT molecular complexity index is 1210. The second kappa shape index (κ2) is 8.91. The van der Waals surface area contributed by atoms with Crippen molar-refractivity contribution in [1.29, 1.82) is 0 Å². The van der Waals surface area contributed by atoms with Gasteiger partial charge in [-0.1, -0.05) is 66.4 Å². The zero-order valence-electron chi connectivity index (χ0n) is 19.2. The molecule has 3 aliphatic heterocycles. The number of amidine groups is 1. The largest absolute Gasteiger partial charge is 0.463 e. The SMILES string of the molecule is CCOC(=O)C1=C(C)N=C2SC3(C(=O)N2C1c1ccccc1C)C(O)CSC3c1ccccc1. The first-order valence-electron chi connectivity index (χ1n) is 11.3. The van der Waals surface area contributed by atoms with Gasteiger partial charge in [0.1, 0.15) is 4.75 Å². The number of aliphatic imine (C=N–C) groups is 1. The normalized spacial score (nSPS) is 28.4. The third-order valence-corrected chi connectivity index (χ3v) is 9.72. The van der Waals surface area contributed by atoms with Gasteiger partial charge >= 0.3 is 5.97 Å². The van der Waals surface area contributed by atoms with E-state index in [9.17, 15) is 14.7 Å². The minimum atomic E-state index is -1.11. The number of ether oxygens (including phenoxy) is 1. The van der Waals surface area contributed by atoms with E-state index in [-0.39, 0.29) is 17.8 Å². The van der Waals surface area contributed by atoms with Crippen molar-refractivity contribution in [2.75, 3.05) is 12.4 Å². The van der Waals surface area contributed by atoms with E-state index >= 15 is 0 Å². The summed E-state index contributed by atoms with van der Waals surface area (Å²) in [5.41, 5.74) is 3.70. The number of allylic oxidation sites excluding steroid dienone is 1. The van der Waals surface area contributed by atoms with Crippen molar-refractivity contribution in [3.8, 4) is 0 Å². The molecule has 2 saturated heterocycles. The fraction of sp³-hybridized carbons (Fsp3) is 0.346. The molecule has 2 aromatic carbocycles. The molecule has 0 bridgehead atoms. The van der Waals surface area contributed by atoms with Crippen molar-refractivity contribution in [2.45, 2.75) is 42.9 Å². The third kappa shape index (κ3) is 3.42. The quantitative estimate of drug-likeness (QED) is 0.635. The number of carbonyl (C=O) groups excluding carboxylic acids is 2. The summed E-state index contributed by atoms with van der Waals surface area (Å²) in [6.07, 6.45) is -0.850. The van der Waals surface area contributed by atoms with Crippen LogP contribution in [0.2, 0.25) is 0 Å². The van der Waals surface area contributed by atoms with Crippen molar-refractivity contribution in [3.05, 3.63) is 82.6 Å². The Morgan fingerprint density at radius 3 is 2.59 bits per heavy atom. The highest BCUT2D eigenvalue weighted by molar-refractivity contribution is 8.17. The molecule has 0 aliphatic carbocycles. The Hall–Kier alpha value is -2.55. The van der Waals surface area contributed by atoms with Crippen LogP contribution in [0.4, 0.5) is 0 Å². The molecule has 1 spiro atoms. The highest BCUT2D eigenvalue weighted by Crippen LogP contribution is 2.61. The monoisotopic (exact) mass is 494 g/mol. The average molecular weight is 495 g/mol. The lowest BCUT2D eigenvalue weighted by Gasteiger charge is -2.35. The van der Waals surface area contributed by atoms with Gasteiger partial charge in [0.25, 0.3) is 0 Å². The lowest BCUT2D eigenvalue weighted by atomic mass is 9.88. The Morgan fingerprint density at radius 1 is 1.18 bits per heavy atom. The molecular weight excluding hydrogens is 468 g/mol. The number of fused-ring (bicyclic) bond motifs is 1. The van der Waals surface area contributed by atoms with E-state index in [2.05, 4.69) is 0 Å². The molecule has 1 amide bonds. The van der Waals surface area contributed by atoms with Gasteiger partial charge < -0.3 is 9.84 Å². The number of carbonyl (C=O) groups is 2. The first-order chi connectivity index (χ1) is 16.4. The fourth-order valence-corrected chi connectivity index (χ4v) is 8.33. The van der Waals surface area contributed by atoms with Crippen LogP contribution in [-0.4, -0.2) is 50.3 Å². The molecular formula is C26H26N2O4S2. The predicted molar refractivity (Wildman–Crippen MR) is 136 cm³/mol. The maximum Gasteiger partial charge on any atom is 0.338 e. The van der Waals surface area contributed by atoms with Crippen molar-refractivity contribution < 1.29 is 19.4 Å². The van der Waals surface area contributed by atoms with Crippen molar-refractivity contribution in [2.24, 2.45) is 4.99 Å². The molecule has 3 heterocycles. The maximum absolute atomic E-state index is 14.4. The van der Waals surface area contributed by atoms with Crippen LogP contribution in [0.15, 0.2) is 70.9 Å². The zero-order valence-corrected chi connectivity index (χ0v) is 20.9. The topological polar surface area (TPSA) is 79.2 Å². The number of hydrogen-bond acceptors (Lipinski definition) is 7. The number of rotatable bonds is 4. The van der Waals surface area contributed by atoms with E-state index < -0.39 is 22.9 Å². The smallest absolute Gasteiger partial charge is 0.338 e. The maximum atomic E-state index is 14.4. The molecule has 2 aromatic rings. The molecule has 3 aliphatic rings. The predicted octanol–water partition coefficient (Wildman–Crippen LogP) is 4.41. The number of benzene rings is 2. The summed E-state index contributed by atoms with van der Waals surface area (Å²) in [4.78, 5) is 33.8. The molecule has 4 atom stereocenters. The number of nitrogens with zero attached hydrogens (tertiary/aromatic N) is 2. The van der Waals surface area contributed by atoms with Crippen LogP contribution in [0.1, 0.15) is 41.8 Å². The number of aliphatic hydroxyl groups is 1. The second-order valence-corrected chi connectivity index (χ2v) is 11.0. The molecule has 0 saturated carbocycles. The van der Waals surface area contributed by atoms with Crippen molar-refractivity contribution in [3.63, 3.8) is 0 Å². The Balaban J connectivity index is 1.67. The summed E-state index contributed by atoms with van der Waals surface area (Å²) in [5, 5.41) is 11.5.